The molecule has 1 rings (SSSR count). The summed E-state index contributed by atoms with van der Waals surface area (Å²) in [4.78, 5) is 0. The molecule has 0 bridgehead atoms. The third kappa shape index (κ3) is 3.24. The molecule has 0 spiro atoms. The van der Waals surface area contributed by atoms with Crippen LogP contribution in [0.1, 0.15) is 48.6 Å². The van der Waals surface area contributed by atoms with Crippen molar-refractivity contribution >= 4 is 0 Å². The third-order valence-electron chi connectivity index (χ3n) is 3.36. The van der Waals surface area contributed by atoms with E-state index in [1.54, 1.807) is 7.11 Å². The molecule has 0 aliphatic heterocycles. The molecule has 0 aliphatic rings. The number of rotatable bonds is 4. The lowest BCUT2D eigenvalue weighted by Crippen LogP contribution is -2.36. The normalized spacial score (nSPS) is 13.6. The van der Waals surface area contributed by atoms with Crippen LogP contribution in [-0.2, 0) is 0 Å². The van der Waals surface area contributed by atoms with Gasteiger partial charge in [0.05, 0.1) is 7.11 Å². The monoisotopic (exact) mass is 250 g/mol. The first-order valence-corrected chi connectivity index (χ1v) is 6.36. The first kappa shape index (κ1) is 15.0. The average Bonchev–Trinajstić information content (AvgIpc) is 2.19. The molecule has 0 radical (unpaired) electrons. The number of aryl methyl sites for hydroxylation is 2. The third-order valence-corrected chi connectivity index (χ3v) is 3.36. The van der Waals surface area contributed by atoms with Crippen LogP contribution in [0.5, 0.6) is 5.75 Å². The molecule has 0 aromatic heterocycles. The Morgan fingerprint density at radius 3 is 2.22 bits per heavy atom. The fraction of sp³-hybridized carbons (Fsp3) is 0.600. The minimum atomic E-state index is -0.282. The van der Waals surface area contributed by atoms with Crippen LogP contribution in [0.25, 0.3) is 0 Å². The Hall–Kier alpha value is -1.06. The Kier molecular flexibility index (Phi) is 4.41. The molecule has 4 N–H and O–H groups in total. The van der Waals surface area contributed by atoms with Crippen LogP contribution >= 0.6 is 0 Å². The molecule has 3 nitrogen and oxygen atoms in total. The first-order chi connectivity index (χ1) is 8.17. The van der Waals surface area contributed by atoms with Crippen LogP contribution in [0.2, 0.25) is 0 Å². The maximum Gasteiger partial charge on any atom is 0.127 e. The van der Waals surface area contributed by atoms with Gasteiger partial charge in [-0.3, -0.25) is 0 Å². The average molecular weight is 250 g/mol. The summed E-state index contributed by atoms with van der Waals surface area (Å²) in [5.41, 5.74) is 16.7. The van der Waals surface area contributed by atoms with E-state index in [-0.39, 0.29) is 11.6 Å². The minimum Gasteiger partial charge on any atom is -0.496 e. The number of ether oxygens (including phenoxy) is 1. The zero-order chi connectivity index (χ0) is 14.1. The first-order valence-electron chi connectivity index (χ1n) is 6.36. The molecular weight excluding hydrogens is 224 g/mol. The lowest BCUT2D eigenvalue weighted by atomic mass is 9.88. The molecule has 0 aliphatic carbocycles. The molecule has 0 saturated heterocycles. The highest BCUT2D eigenvalue weighted by Gasteiger charge is 2.23. The number of hydrogen-bond acceptors (Lipinski definition) is 3. The summed E-state index contributed by atoms with van der Waals surface area (Å²) in [5, 5.41) is 0. The number of nitrogens with two attached hydrogens (primary N) is 2. The Morgan fingerprint density at radius 1 is 1.22 bits per heavy atom. The van der Waals surface area contributed by atoms with Crippen molar-refractivity contribution in [1.82, 2.24) is 0 Å². The van der Waals surface area contributed by atoms with Crippen molar-refractivity contribution in [2.24, 2.45) is 11.5 Å². The predicted octanol–water partition coefficient (Wildman–Crippen LogP) is 2.75. The van der Waals surface area contributed by atoms with Crippen molar-refractivity contribution < 1.29 is 4.74 Å². The van der Waals surface area contributed by atoms with Crippen molar-refractivity contribution in [3.63, 3.8) is 0 Å². The summed E-state index contributed by atoms with van der Waals surface area (Å²) in [6.07, 6.45) is 0.729. The number of hydrogen-bond donors (Lipinski definition) is 2. The van der Waals surface area contributed by atoms with Crippen LogP contribution in [0.3, 0.4) is 0 Å². The topological polar surface area (TPSA) is 61.3 Å². The number of methoxy groups -OCH3 is 1. The van der Waals surface area contributed by atoms with Gasteiger partial charge in [0.2, 0.25) is 0 Å². The van der Waals surface area contributed by atoms with Crippen molar-refractivity contribution in [2.75, 3.05) is 7.11 Å². The van der Waals surface area contributed by atoms with Crippen molar-refractivity contribution in [3.05, 3.63) is 28.3 Å². The zero-order valence-electron chi connectivity index (χ0n) is 12.4. The highest BCUT2D eigenvalue weighted by molar-refractivity contribution is 5.51. The molecule has 0 heterocycles. The predicted molar refractivity (Wildman–Crippen MR) is 77.0 cm³/mol. The smallest absolute Gasteiger partial charge is 0.127 e. The van der Waals surface area contributed by atoms with E-state index in [2.05, 4.69) is 26.8 Å². The number of benzene rings is 1. The van der Waals surface area contributed by atoms with E-state index in [9.17, 15) is 0 Å². The van der Waals surface area contributed by atoms with Gasteiger partial charge < -0.3 is 16.2 Å². The van der Waals surface area contributed by atoms with Crippen molar-refractivity contribution in [3.8, 4) is 5.75 Å². The Bertz CT molecular complexity index is 433. The van der Waals surface area contributed by atoms with Crippen LogP contribution < -0.4 is 16.2 Å². The lowest BCUT2D eigenvalue weighted by Gasteiger charge is -2.27. The summed E-state index contributed by atoms with van der Waals surface area (Å²) < 4.78 is 5.55. The van der Waals surface area contributed by atoms with E-state index in [4.69, 9.17) is 16.2 Å². The Labute approximate surface area is 111 Å². The van der Waals surface area contributed by atoms with Gasteiger partial charge in [0.15, 0.2) is 0 Å². The van der Waals surface area contributed by atoms with E-state index in [1.165, 1.54) is 11.1 Å². The summed E-state index contributed by atoms with van der Waals surface area (Å²) in [5.74, 6) is 0.907. The van der Waals surface area contributed by atoms with Gasteiger partial charge in [-0.15, -0.1) is 0 Å². The molecule has 0 amide bonds. The maximum absolute atomic E-state index is 6.32. The second-order valence-electron chi connectivity index (χ2n) is 5.88. The van der Waals surface area contributed by atoms with E-state index >= 15 is 0 Å². The van der Waals surface area contributed by atoms with Gasteiger partial charge >= 0.3 is 0 Å². The van der Waals surface area contributed by atoms with Crippen molar-refractivity contribution in [1.29, 1.82) is 0 Å². The van der Waals surface area contributed by atoms with E-state index in [1.807, 2.05) is 13.8 Å². The highest BCUT2D eigenvalue weighted by atomic mass is 16.5. The molecule has 1 atom stereocenters. The molecule has 102 valence electrons. The van der Waals surface area contributed by atoms with Crippen LogP contribution in [-0.4, -0.2) is 12.6 Å². The Balaban J connectivity index is 3.27. The van der Waals surface area contributed by atoms with E-state index in [0.29, 0.717) is 0 Å². The van der Waals surface area contributed by atoms with Gasteiger partial charge in [0.1, 0.15) is 5.75 Å². The van der Waals surface area contributed by atoms with E-state index < -0.39 is 0 Å². The minimum absolute atomic E-state index is 0.0979. The SMILES string of the molecule is COc1c(C)c(C)cc(C)c1C(N)CC(C)(C)N. The quantitative estimate of drug-likeness (QED) is 0.863. The molecule has 3 heteroatoms. The van der Waals surface area contributed by atoms with E-state index in [0.717, 1.165) is 23.3 Å². The summed E-state index contributed by atoms with van der Waals surface area (Å²) in [6, 6.07) is 2.07. The molecular formula is C15H26N2O. The second-order valence-corrected chi connectivity index (χ2v) is 5.88. The standard InChI is InChI=1S/C15H26N2O/c1-9-7-10(2)13(14(18-6)11(9)3)12(16)8-15(4,5)17/h7,12H,8,16-17H2,1-6H3. The molecule has 1 aromatic rings. The zero-order valence-corrected chi connectivity index (χ0v) is 12.4. The maximum atomic E-state index is 6.32. The lowest BCUT2D eigenvalue weighted by molar-refractivity contribution is 0.384. The molecule has 1 unspecified atom stereocenters. The molecule has 18 heavy (non-hydrogen) atoms. The van der Waals surface area contributed by atoms with Gasteiger partial charge in [-0.25, -0.2) is 0 Å². The van der Waals surface area contributed by atoms with Crippen molar-refractivity contribution in [2.45, 2.75) is 52.6 Å². The van der Waals surface area contributed by atoms with Crippen LogP contribution in [0, 0.1) is 20.8 Å². The summed E-state index contributed by atoms with van der Waals surface area (Å²) in [7, 11) is 1.70. The van der Waals surface area contributed by atoms with Gasteiger partial charge in [-0.1, -0.05) is 6.07 Å². The molecule has 1 aromatic carbocycles. The van der Waals surface area contributed by atoms with Gasteiger partial charge in [0.25, 0.3) is 0 Å². The largest absolute Gasteiger partial charge is 0.496 e. The molecule has 0 saturated carbocycles. The van der Waals surface area contributed by atoms with Gasteiger partial charge in [0, 0.05) is 17.1 Å². The van der Waals surface area contributed by atoms with Gasteiger partial charge in [-0.05, 0) is 57.7 Å². The summed E-state index contributed by atoms with van der Waals surface area (Å²) >= 11 is 0. The van der Waals surface area contributed by atoms with Crippen LogP contribution in [0.15, 0.2) is 6.07 Å². The van der Waals surface area contributed by atoms with Gasteiger partial charge in [-0.2, -0.15) is 0 Å². The fourth-order valence-electron chi connectivity index (χ4n) is 2.46. The highest BCUT2D eigenvalue weighted by Crippen LogP contribution is 2.35. The van der Waals surface area contributed by atoms with Crippen LogP contribution in [0.4, 0.5) is 0 Å². The molecule has 0 fully saturated rings. The Morgan fingerprint density at radius 2 is 1.78 bits per heavy atom. The second kappa shape index (κ2) is 5.29. The summed E-state index contributed by atoms with van der Waals surface area (Å²) in [6.45, 7) is 10.2. The fourth-order valence-corrected chi connectivity index (χ4v) is 2.46.